The lowest BCUT2D eigenvalue weighted by Gasteiger charge is -2.27. The maximum Gasteiger partial charge on any atom is 0.337 e. The normalized spacial score (nSPS) is 12.2. The molecule has 0 saturated heterocycles. The molecule has 1 amide bonds. The van der Waals surface area contributed by atoms with Gasteiger partial charge in [-0.15, -0.1) is 0 Å². The van der Waals surface area contributed by atoms with Crippen LogP contribution in [0.15, 0.2) is 60.7 Å². The lowest BCUT2D eigenvalue weighted by atomic mass is 10.2. The fourth-order valence-electron chi connectivity index (χ4n) is 2.19. The number of thiocarbonyl (C=S) groups is 1. The van der Waals surface area contributed by atoms with Crippen LogP contribution in [0.5, 0.6) is 0 Å². The van der Waals surface area contributed by atoms with Crippen LogP contribution in [0.4, 0.5) is 5.69 Å². The van der Waals surface area contributed by atoms with Gasteiger partial charge in [-0.2, -0.15) is 0 Å². The predicted molar refractivity (Wildman–Crippen MR) is 120 cm³/mol. The van der Waals surface area contributed by atoms with Gasteiger partial charge in [-0.05, 0) is 36.0 Å². The monoisotopic (exact) mass is 471 g/mol. The molecule has 2 rings (SSSR count). The molecule has 6 nitrogen and oxygen atoms in total. The molecule has 0 bridgehead atoms. The van der Waals surface area contributed by atoms with Crippen molar-refractivity contribution in [3.63, 3.8) is 0 Å². The number of nitrogens with one attached hydrogen (secondary N) is 3. The maximum absolute atomic E-state index is 12.2. The van der Waals surface area contributed by atoms with Crippen LogP contribution in [0.1, 0.15) is 15.9 Å². The van der Waals surface area contributed by atoms with Crippen molar-refractivity contribution in [2.24, 2.45) is 0 Å². The molecule has 4 N–H and O–H groups in total. The molecule has 0 spiro atoms. The van der Waals surface area contributed by atoms with E-state index in [0.29, 0.717) is 0 Å². The van der Waals surface area contributed by atoms with Gasteiger partial charge in [0.15, 0.2) is 5.11 Å². The van der Waals surface area contributed by atoms with E-state index in [1.165, 1.54) is 18.2 Å². The second kappa shape index (κ2) is 10.5. The van der Waals surface area contributed by atoms with Crippen LogP contribution in [0, 0.1) is 0 Å². The second-order valence-electron chi connectivity index (χ2n) is 5.68. The topological polar surface area (TPSA) is 90.5 Å². The molecule has 29 heavy (non-hydrogen) atoms. The van der Waals surface area contributed by atoms with Gasteiger partial charge in [-0.1, -0.05) is 77.3 Å². The van der Waals surface area contributed by atoms with Gasteiger partial charge < -0.3 is 21.1 Å². The summed E-state index contributed by atoms with van der Waals surface area (Å²) in [4.78, 5) is 23.5. The van der Waals surface area contributed by atoms with Crippen molar-refractivity contribution in [3.05, 3.63) is 71.8 Å². The summed E-state index contributed by atoms with van der Waals surface area (Å²) in [5.41, 5.74) is 1.08. The van der Waals surface area contributed by atoms with Gasteiger partial charge in [0.25, 0.3) is 0 Å². The summed E-state index contributed by atoms with van der Waals surface area (Å²) >= 11 is 23.0. The minimum absolute atomic E-state index is 0.0110. The van der Waals surface area contributed by atoms with Gasteiger partial charge in [0.2, 0.25) is 9.70 Å². The quantitative estimate of drug-likeness (QED) is 0.218. The third-order valence-corrected chi connectivity index (χ3v) is 4.40. The van der Waals surface area contributed by atoms with E-state index in [1.807, 2.05) is 30.3 Å². The molecule has 152 valence electrons. The number of carbonyl (C=O) groups is 2. The number of anilines is 1. The highest BCUT2D eigenvalue weighted by atomic mass is 35.6. The third kappa shape index (κ3) is 7.55. The van der Waals surface area contributed by atoms with Crippen molar-refractivity contribution in [2.75, 3.05) is 5.32 Å². The van der Waals surface area contributed by atoms with Crippen molar-refractivity contribution >= 4 is 75.8 Å². The van der Waals surface area contributed by atoms with E-state index in [-0.39, 0.29) is 16.4 Å². The average molecular weight is 473 g/mol. The predicted octanol–water partition coefficient (Wildman–Crippen LogP) is 4.20. The fraction of sp³-hybridized carbons (Fsp3) is 0.105. The Hall–Kier alpha value is -2.32. The van der Waals surface area contributed by atoms with E-state index < -0.39 is 21.8 Å². The molecule has 0 saturated carbocycles. The Morgan fingerprint density at radius 2 is 1.62 bits per heavy atom. The van der Waals surface area contributed by atoms with Crippen LogP contribution >= 0.6 is 47.0 Å². The van der Waals surface area contributed by atoms with Crippen molar-refractivity contribution in [2.45, 2.75) is 9.96 Å². The zero-order valence-electron chi connectivity index (χ0n) is 14.7. The van der Waals surface area contributed by atoms with Crippen molar-refractivity contribution in [1.29, 1.82) is 0 Å². The Morgan fingerprint density at radius 1 is 1.00 bits per heavy atom. The first kappa shape index (κ1) is 23.0. The molecule has 10 heteroatoms. The molecule has 1 unspecified atom stereocenters. The zero-order valence-corrected chi connectivity index (χ0v) is 17.8. The standard InChI is InChI=1S/C19H16Cl3N3O3S/c20-19(21,22)17(24-15(26)11-10-12-6-2-1-3-7-12)25-18(29)23-14-9-5-4-8-13(14)16(27)28/h1-11,17H,(H,24,26)(H,27,28)(H2,23,25,29)/b11-10-. The first-order chi connectivity index (χ1) is 13.7. The lowest BCUT2D eigenvalue weighted by Crippen LogP contribution is -2.55. The Balaban J connectivity index is 2.05. The van der Waals surface area contributed by atoms with Gasteiger partial charge >= 0.3 is 5.97 Å². The van der Waals surface area contributed by atoms with Crippen molar-refractivity contribution in [3.8, 4) is 0 Å². The van der Waals surface area contributed by atoms with E-state index in [2.05, 4.69) is 16.0 Å². The molecule has 0 fully saturated rings. The fourth-order valence-corrected chi connectivity index (χ4v) is 2.75. The zero-order chi connectivity index (χ0) is 21.4. The summed E-state index contributed by atoms with van der Waals surface area (Å²) in [6, 6.07) is 15.3. The van der Waals surface area contributed by atoms with Crippen LogP contribution in [0.25, 0.3) is 6.08 Å². The first-order valence-corrected chi connectivity index (χ1v) is 9.71. The van der Waals surface area contributed by atoms with E-state index in [0.717, 1.165) is 5.56 Å². The number of para-hydroxylation sites is 1. The van der Waals surface area contributed by atoms with Gasteiger partial charge in [0.05, 0.1) is 11.3 Å². The average Bonchev–Trinajstić information content (AvgIpc) is 2.66. The van der Waals surface area contributed by atoms with Gasteiger partial charge in [0, 0.05) is 6.08 Å². The number of aromatic carboxylic acids is 1. The van der Waals surface area contributed by atoms with Gasteiger partial charge in [0.1, 0.15) is 6.17 Å². The molecule has 2 aromatic carbocycles. The summed E-state index contributed by atoms with van der Waals surface area (Å²) in [6.07, 6.45) is 1.71. The second-order valence-corrected chi connectivity index (χ2v) is 8.45. The van der Waals surface area contributed by atoms with E-state index in [4.69, 9.17) is 47.0 Å². The summed E-state index contributed by atoms with van der Waals surface area (Å²) in [5.74, 6) is -1.65. The molecule has 2 aromatic rings. The van der Waals surface area contributed by atoms with Crippen LogP contribution in [-0.2, 0) is 4.79 Å². The molecular weight excluding hydrogens is 457 g/mol. The number of hydrogen-bond acceptors (Lipinski definition) is 3. The molecule has 0 aliphatic carbocycles. The summed E-state index contributed by atoms with van der Waals surface area (Å²) < 4.78 is -1.94. The molecule has 0 aromatic heterocycles. The Bertz CT molecular complexity index is 918. The minimum atomic E-state index is -1.94. The van der Waals surface area contributed by atoms with E-state index in [9.17, 15) is 14.7 Å². The molecule has 0 aliphatic rings. The van der Waals surface area contributed by atoms with Crippen LogP contribution in [0.3, 0.4) is 0 Å². The van der Waals surface area contributed by atoms with Crippen LogP contribution < -0.4 is 16.0 Å². The van der Waals surface area contributed by atoms with E-state index in [1.54, 1.807) is 18.2 Å². The Kier molecular flexibility index (Phi) is 8.28. The van der Waals surface area contributed by atoms with E-state index >= 15 is 0 Å². The number of rotatable bonds is 6. The van der Waals surface area contributed by atoms with Crippen LogP contribution in [0.2, 0.25) is 0 Å². The lowest BCUT2D eigenvalue weighted by molar-refractivity contribution is -0.117. The van der Waals surface area contributed by atoms with Crippen molar-refractivity contribution in [1.82, 2.24) is 10.6 Å². The van der Waals surface area contributed by atoms with Gasteiger partial charge in [-0.25, -0.2) is 4.79 Å². The summed E-state index contributed by atoms with van der Waals surface area (Å²) in [5, 5.41) is 17.1. The third-order valence-electron chi connectivity index (χ3n) is 3.52. The number of carbonyl (C=O) groups excluding carboxylic acids is 1. The SMILES string of the molecule is O=C(/C=C\c1ccccc1)NC(NC(=S)Nc1ccccc1C(=O)O)C(Cl)(Cl)Cl. The highest BCUT2D eigenvalue weighted by Gasteiger charge is 2.34. The van der Waals surface area contributed by atoms with Crippen LogP contribution in [-0.4, -0.2) is 32.1 Å². The minimum Gasteiger partial charge on any atom is -0.478 e. The summed E-state index contributed by atoms with van der Waals surface area (Å²) in [6.45, 7) is 0. The number of hydrogen-bond donors (Lipinski definition) is 4. The van der Waals surface area contributed by atoms with Gasteiger partial charge in [-0.3, -0.25) is 4.79 Å². The molecule has 0 heterocycles. The number of halogens is 3. The first-order valence-electron chi connectivity index (χ1n) is 8.17. The van der Waals surface area contributed by atoms with Crippen molar-refractivity contribution < 1.29 is 14.7 Å². The molecule has 1 atom stereocenters. The number of alkyl halides is 3. The maximum atomic E-state index is 12.2. The Morgan fingerprint density at radius 3 is 2.24 bits per heavy atom. The molecular formula is C19H16Cl3N3O3S. The number of amides is 1. The highest BCUT2D eigenvalue weighted by Crippen LogP contribution is 2.29. The number of carboxylic acids is 1. The Labute approximate surface area is 187 Å². The largest absolute Gasteiger partial charge is 0.478 e. The smallest absolute Gasteiger partial charge is 0.337 e. The molecule has 0 radical (unpaired) electrons. The molecule has 0 aliphatic heterocycles. The highest BCUT2D eigenvalue weighted by molar-refractivity contribution is 7.80. The number of carboxylic acid groups (broad SMARTS) is 1. The summed E-state index contributed by atoms with van der Waals surface area (Å²) in [7, 11) is 0. The number of benzene rings is 2.